The number of carbonyl (C=O) groups is 13. The minimum Gasteiger partial charge on any atom is -0.470 e. The smallest absolute Gasteiger partial charge is 0.347 e. The molecule has 0 spiro atoms. The normalized spacial score (nSPS) is 18.5. The molecule has 1 aliphatic carbocycles. The Labute approximate surface area is 840 Å². The molecule has 0 bridgehead atoms. The number of ether oxygens (including phenoxy) is 19. The lowest BCUT2D eigenvalue weighted by atomic mass is 9.85. The molecule has 3 N–H and O–H groups in total. The van der Waals surface area contributed by atoms with E-state index in [9.17, 15) is 62.3 Å². The SMILES string of the molecule is CC(C)OC(=O)CCC/C=C\C[C@@H]1[C@@H](CC[C@H](CCc2ccccc2)OC(=O)C(C)OC(=O)C(C)OC(=O)CCC(=O)O[C@@H](CNC(C)(C)C)COc2nsnc2N2CCOCC2)[C@H](OC(=O)C(C)OC(=O)C(C)OC(=O)CCC(=O)O[C@@H](CNC(C)(C)C)COc2nsnc2N2CCOCC2)C[C@@H]1OC(=O)C(C)OC(=O)C(C)OC(=O)CCC(=O)O[C@@H](CNC(C)(C)C)COc1nsnc1N1CCOCC1. The summed E-state index contributed by atoms with van der Waals surface area (Å²) >= 11 is 2.90. The summed E-state index contributed by atoms with van der Waals surface area (Å²) in [4.78, 5) is 184. The van der Waals surface area contributed by atoms with E-state index in [4.69, 9.17) is 90.0 Å². The van der Waals surface area contributed by atoms with Crippen LogP contribution in [-0.2, 0) is 145 Å². The van der Waals surface area contributed by atoms with Crippen molar-refractivity contribution in [1.82, 2.24) is 42.2 Å². The molecule has 4 fully saturated rings. The highest BCUT2D eigenvalue weighted by Gasteiger charge is 2.49. The van der Waals surface area contributed by atoms with Crippen molar-refractivity contribution in [2.45, 2.75) is 310 Å². The van der Waals surface area contributed by atoms with Gasteiger partial charge >= 0.3 is 77.6 Å². The van der Waals surface area contributed by atoms with Crippen LogP contribution in [0.1, 0.15) is 213 Å². The van der Waals surface area contributed by atoms with Gasteiger partial charge in [0.2, 0.25) is 17.5 Å². The number of benzene rings is 1. The van der Waals surface area contributed by atoms with Crippen LogP contribution in [0.3, 0.4) is 0 Å². The third kappa shape index (κ3) is 43.1. The average Bonchev–Trinajstić information content (AvgIpc) is 1.65. The van der Waals surface area contributed by atoms with Gasteiger partial charge in [-0.05, 0) is 168 Å². The Balaban J connectivity index is 0.951. The lowest BCUT2D eigenvalue weighted by Gasteiger charge is -2.28. The first-order valence-electron chi connectivity index (χ1n) is 48.3. The molecular formula is C95H142N12O32S3. The maximum Gasteiger partial charge on any atom is 0.347 e. The lowest BCUT2D eigenvalue weighted by Crippen LogP contribution is -2.44. The molecule has 3 saturated heterocycles. The second kappa shape index (κ2) is 58.9. The molecule has 142 heavy (non-hydrogen) atoms. The predicted molar refractivity (Wildman–Crippen MR) is 513 cm³/mol. The van der Waals surface area contributed by atoms with Crippen LogP contribution in [0.15, 0.2) is 42.5 Å². The number of morpholine rings is 3. The number of nitrogens with one attached hydrogen (secondary N) is 3. The molecule has 3 aromatic heterocycles. The molecular weight excluding hydrogens is 1920 g/mol. The Hall–Kier alpha value is -10.7. The van der Waals surface area contributed by atoms with E-state index in [-0.39, 0.29) is 107 Å². The Morgan fingerprint density at radius 1 is 0.380 bits per heavy atom. The Morgan fingerprint density at radius 3 is 1.06 bits per heavy atom. The number of allylic oxidation sites excluding steroid dienone is 2. The maximum atomic E-state index is 14.6. The summed E-state index contributed by atoms with van der Waals surface area (Å²) < 4.78 is 135. The highest BCUT2D eigenvalue weighted by atomic mass is 32.1. The molecule has 0 amide bonds. The quantitative estimate of drug-likeness (QED) is 0.0163. The third-order valence-electron chi connectivity index (χ3n) is 22.2. The number of hydrogen-bond acceptors (Lipinski definition) is 47. The zero-order valence-corrected chi connectivity index (χ0v) is 86.8. The molecule has 1 aromatic carbocycles. The largest absolute Gasteiger partial charge is 0.470 e. The van der Waals surface area contributed by atoms with Gasteiger partial charge in [-0.25, -0.2) is 28.8 Å². The first-order chi connectivity index (χ1) is 67.4. The second-order valence-electron chi connectivity index (χ2n) is 38.1. The number of nitrogens with zero attached hydrogens (tertiary/aromatic N) is 9. The van der Waals surface area contributed by atoms with E-state index >= 15 is 0 Å². The van der Waals surface area contributed by atoms with Crippen LogP contribution in [0.4, 0.5) is 17.5 Å². The lowest BCUT2D eigenvalue weighted by molar-refractivity contribution is -0.180. The molecule has 792 valence electrons. The van der Waals surface area contributed by atoms with Crippen LogP contribution in [0.5, 0.6) is 17.6 Å². The fraction of sp³-hybridized carbons (Fsp3) is 0.716. The fourth-order valence-electron chi connectivity index (χ4n) is 14.6. The first-order valence-corrected chi connectivity index (χ1v) is 50.5. The topological polar surface area (TPSA) is 520 Å². The van der Waals surface area contributed by atoms with Crippen molar-refractivity contribution in [2.75, 3.05) is 133 Å². The summed E-state index contributed by atoms with van der Waals surface area (Å²) in [5, 5.41) is 9.88. The van der Waals surface area contributed by atoms with Crippen LogP contribution in [0.25, 0.3) is 0 Å². The van der Waals surface area contributed by atoms with Crippen LogP contribution < -0.4 is 44.9 Å². The summed E-state index contributed by atoms with van der Waals surface area (Å²) in [6.45, 7) is 34.7. The summed E-state index contributed by atoms with van der Waals surface area (Å²) in [7, 11) is 0. The zero-order valence-electron chi connectivity index (χ0n) is 84.3. The molecule has 3 aliphatic heterocycles. The molecule has 44 nitrogen and oxygen atoms in total. The van der Waals surface area contributed by atoms with E-state index < -0.39 is 212 Å². The first kappa shape index (κ1) is 117. The van der Waals surface area contributed by atoms with Gasteiger partial charge in [0, 0.05) is 100 Å². The van der Waals surface area contributed by atoms with Gasteiger partial charge in [0.15, 0.2) is 36.6 Å². The van der Waals surface area contributed by atoms with Gasteiger partial charge in [0.25, 0.3) is 17.6 Å². The van der Waals surface area contributed by atoms with Gasteiger partial charge in [-0.15, -0.1) is 13.1 Å². The maximum absolute atomic E-state index is 14.6. The van der Waals surface area contributed by atoms with E-state index in [1.165, 1.54) is 41.5 Å². The molecule has 6 heterocycles. The van der Waals surface area contributed by atoms with Crippen LogP contribution >= 0.6 is 35.2 Å². The van der Waals surface area contributed by atoms with E-state index in [0.29, 0.717) is 116 Å². The van der Waals surface area contributed by atoms with E-state index in [0.717, 1.165) is 40.7 Å². The van der Waals surface area contributed by atoms with Gasteiger partial charge in [-0.2, -0.15) is 13.1 Å². The average molecular weight is 2060 g/mol. The van der Waals surface area contributed by atoms with Crippen molar-refractivity contribution in [3.8, 4) is 17.6 Å². The predicted octanol–water partition coefficient (Wildman–Crippen LogP) is 7.97. The second-order valence-corrected chi connectivity index (χ2v) is 39.7. The Morgan fingerprint density at radius 2 is 0.704 bits per heavy atom. The summed E-state index contributed by atoms with van der Waals surface area (Å²) in [6, 6.07) is 9.19. The van der Waals surface area contributed by atoms with Gasteiger partial charge < -0.3 is 121 Å². The van der Waals surface area contributed by atoms with Crippen molar-refractivity contribution in [3.63, 3.8) is 0 Å². The van der Waals surface area contributed by atoms with Crippen molar-refractivity contribution < 1.29 is 152 Å². The van der Waals surface area contributed by atoms with Crippen molar-refractivity contribution in [2.24, 2.45) is 11.8 Å². The minimum absolute atomic E-state index is 0.0115. The highest BCUT2D eigenvalue weighted by molar-refractivity contribution is 7.00. The summed E-state index contributed by atoms with van der Waals surface area (Å²) in [5.74, 6) is -11.7. The number of esters is 13. The number of aryl methyl sites for hydroxylation is 1. The van der Waals surface area contributed by atoms with E-state index in [2.05, 4.69) is 42.2 Å². The van der Waals surface area contributed by atoms with Gasteiger partial charge in [0.05, 0.1) is 119 Å². The standard InChI is InChI=1S/C95H142N12O32S3/c1-58(2)127-74(108)28-24-19-18-23-27-70-71(32-31-66(30-29-65-25-21-20-22-26-65)137-90(118)62(6)131-87(115)59(3)128-75(109)33-36-78(112)134-67(52-96-93(9,10)11)55-124-84-81(99-140-102-84)105-39-45-121-46-40-105)73(139-92(120)64(8)133-89(117)61(5)130-77(111)35-38-80(114)136-69(54-98-95(15,16)17)57-126-86-83(101-142-104-86)107-43-49-123-50-44-107)51-72(70)138-91(119)63(7)132-88(116)60(4)129-76(110)34-37-79(113)135-68(53-97-94(12,13)14)56-125-85-82(100-141-103-85)106-41-47-122-48-42-106/h18,20-23,25-26,58-64,66-73,96-98H,19,24,27-57H2,1-17H3/b23-18-/t59?,60?,61?,62?,63?,64?,66-,67-,68-,69-,70+,71+,72-,73+/m0/s1. The Bertz CT molecular complexity index is 4680. The van der Waals surface area contributed by atoms with Gasteiger partial charge in [-0.3, -0.25) is 33.6 Å². The molecule has 14 atom stereocenters. The van der Waals surface area contributed by atoms with Crippen LogP contribution in [0, 0.1) is 11.8 Å². The molecule has 1 saturated carbocycles. The number of anilines is 3. The molecule has 6 unspecified atom stereocenters. The van der Waals surface area contributed by atoms with Crippen molar-refractivity contribution >= 4 is 130 Å². The van der Waals surface area contributed by atoms with E-state index in [1.807, 2.05) is 107 Å². The van der Waals surface area contributed by atoms with Crippen molar-refractivity contribution in [3.05, 3.63) is 48.0 Å². The molecule has 4 aliphatic rings. The van der Waals surface area contributed by atoms with Crippen LogP contribution in [0.2, 0.25) is 0 Å². The Kier molecular flexibility index (Phi) is 48.4. The molecule has 8 rings (SSSR count). The summed E-state index contributed by atoms with van der Waals surface area (Å²) in [6.07, 6.45) is -14.4. The number of hydrogen-bond donors (Lipinski definition) is 3. The fourth-order valence-corrected chi connectivity index (χ4v) is 16.2. The number of aromatic nitrogens is 6. The number of rotatable bonds is 58. The molecule has 0 radical (unpaired) electrons. The summed E-state index contributed by atoms with van der Waals surface area (Å²) in [5.41, 5.74) is -0.333. The van der Waals surface area contributed by atoms with E-state index in [1.54, 1.807) is 26.0 Å². The molecule has 47 heteroatoms. The van der Waals surface area contributed by atoms with Gasteiger partial charge in [0.1, 0.15) is 56.4 Å². The van der Waals surface area contributed by atoms with Crippen molar-refractivity contribution in [1.29, 1.82) is 0 Å². The zero-order chi connectivity index (χ0) is 104. The molecule has 4 aromatic rings. The monoisotopic (exact) mass is 2060 g/mol. The van der Waals surface area contributed by atoms with Crippen LogP contribution in [-0.4, -0.2) is 318 Å². The number of carbonyl (C=O) groups excluding carboxylic acids is 13. The number of unbranched alkanes of at least 4 members (excludes halogenated alkanes) is 1. The third-order valence-corrected chi connectivity index (χ3v) is 23.8. The minimum atomic E-state index is -1.71. The van der Waals surface area contributed by atoms with Gasteiger partial charge in [-0.1, -0.05) is 42.5 Å². The highest BCUT2D eigenvalue weighted by Crippen LogP contribution is 2.43.